The largest absolute Gasteiger partial charge is 0.298 e. The Bertz CT molecular complexity index is 185. The van der Waals surface area contributed by atoms with Crippen LogP contribution in [0.25, 0.3) is 0 Å². The second-order valence-corrected chi connectivity index (χ2v) is 3.12. The Morgan fingerprint density at radius 3 is 3.11 bits per heavy atom. The molecule has 0 aromatic rings. The molecule has 0 aliphatic heterocycles. The van der Waals surface area contributed by atoms with E-state index in [1.807, 2.05) is 0 Å². The van der Waals surface area contributed by atoms with Crippen LogP contribution in [0.4, 0.5) is 0 Å². The van der Waals surface area contributed by atoms with Crippen LogP contribution < -0.4 is 0 Å². The van der Waals surface area contributed by atoms with Gasteiger partial charge in [-0.15, -0.1) is 11.6 Å². The number of carbonyl (C=O) groups is 1. The molecular formula is C7H7ClO. The fourth-order valence-corrected chi connectivity index (χ4v) is 1.98. The Hall–Kier alpha value is -0.300. The van der Waals surface area contributed by atoms with E-state index in [-0.39, 0.29) is 17.1 Å². The summed E-state index contributed by atoms with van der Waals surface area (Å²) in [5.41, 5.74) is 0. The number of allylic oxidation sites excluding steroid dienone is 2. The molecule has 0 spiro atoms. The monoisotopic (exact) mass is 142 g/mol. The van der Waals surface area contributed by atoms with E-state index in [2.05, 4.69) is 12.2 Å². The van der Waals surface area contributed by atoms with Gasteiger partial charge in [0, 0.05) is 11.8 Å². The normalized spacial score (nSPS) is 46.8. The number of fused-ring (bicyclic) bond motifs is 1. The van der Waals surface area contributed by atoms with Gasteiger partial charge in [0.05, 0.1) is 5.38 Å². The second-order valence-electron chi connectivity index (χ2n) is 2.65. The zero-order chi connectivity index (χ0) is 6.43. The van der Waals surface area contributed by atoms with Crippen molar-refractivity contribution >= 4 is 17.4 Å². The molecule has 2 rings (SSSR count). The van der Waals surface area contributed by atoms with E-state index in [0.29, 0.717) is 5.92 Å². The van der Waals surface area contributed by atoms with Gasteiger partial charge in [-0.1, -0.05) is 12.2 Å². The Kier molecular flexibility index (Phi) is 0.974. The van der Waals surface area contributed by atoms with Crippen molar-refractivity contribution < 1.29 is 4.79 Å². The molecule has 0 aromatic heterocycles. The van der Waals surface area contributed by atoms with Crippen LogP contribution in [0.3, 0.4) is 0 Å². The first kappa shape index (κ1) is 5.48. The molecule has 1 fully saturated rings. The molecule has 0 heterocycles. The molecule has 0 bridgehead atoms. The van der Waals surface area contributed by atoms with Crippen LogP contribution in [0.5, 0.6) is 0 Å². The molecular weight excluding hydrogens is 136 g/mol. The first-order valence-corrected chi connectivity index (χ1v) is 3.59. The third kappa shape index (κ3) is 0.531. The second kappa shape index (κ2) is 1.60. The van der Waals surface area contributed by atoms with Crippen molar-refractivity contribution in [2.24, 2.45) is 11.8 Å². The van der Waals surface area contributed by atoms with Gasteiger partial charge in [-0.25, -0.2) is 0 Å². The molecule has 0 unspecified atom stereocenters. The molecule has 2 aliphatic carbocycles. The number of carbonyl (C=O) groups excluding carboxylic acids is 1. The van der Waals surface area contributed by atoms with Gasteiger partial charge in [-0.2, -0.15) is 0 Å². The molecule has 1 saturated carbocycles. The van der Waals surface area contributed by atoms with Gasteiger partial charge < -0.3 is 0 Å². The number of rotatable bonds is 0. The molecule has 0 aromatic carbocycles. The van der Waals surface area contributed by atoms with Gasteiger partial charge >= 0.3 is 0 Å². The average molecular weight is 143 g/mol. The van der Waals surface area contributed by atoms with E-state index in [9.17, 15) is 4.79 Å². The van der Waals surface area contributed by atoms with Gasteiger partial charge in [-0.3, -0.25) is 4.79 Å². The minimum Gasteiger partial charge on any atom is -0.298 e. The minimum atomic E-state index is -0.200. The zero-order valence-electron chi connectivity index (χ0n) is 4.88. The first-order chi connectivity index (χ1) is 4.30. The summed E-state index contributed by atoms with van der Waals surface area (Å²) in [4.78, 5) is 10.9. The van der Waals surface area contributed by atoms with Crippen molar-refractivity contribution in [1.82, 2.24) is 0 Å². The molecule has 2 aliphatic rings. The number of ketones is 1. The van der Waals surface area contributed by atoms with Crippen LogP contribution >= 0.6 is 11.6 Å². The highest BCUT2D eigenvalue weighted by Crippen LogP contribution is 2.42. The molecule has 3 atom stereocenters. The molecule has 48 valence electrons. The summed E-state index contributed by atoms with van der Waals surface area (Å²) in [6, 6.07) is 0. The summed E-state index contributed by atoms with van der Waals surface area (Å²) in [6.07, 6.45) is 5.03. The van der Waals surface area contributed by atoms with E-state index in [1.54, 1.807) is 0 Å². The van der Waals surface area contributed by atoms with Crippen molar-refractivity contribution in [2.75, 3.05) is 0 Å². The minimum absolute atomic E-state index is 0.200. The number of alkyl halides is 1. The highest BCUT2D eigenvalue weighted by atomic mass is 35.5. The van der Waals surface area contributed by atoms with Gasteiger partial charge in [0.1, 0.15) is 0 Å². The van der Waals surface area contributed by atoms with Crippen molar-refractivity contribution in [2.45, 2.75) is 11.8 Å². The molecule has 9 heavy (non-hydrogen) atoms. The number of hydrogen-bond acceptors (Lipinski definition) is 1. The van der Waals surface area contributed by atoms with Crippen molar-refractivity contribution in [3.63, 3.8) is 0 Å². The van der Waals surface area contributed by atoms with Crippen LogP contribution in [0.2, 0.25) is 0 Å². The molecule has 0 N–H and O–H groups in total. The van der Waals surface area contributed by atoms with Crippen LogP contribution in [0.15, 0.2) is 12.2 Å². The molecule has 0 saturated heterocycles. The molecule has 0 radical (unpaired) electrons. The first-order valence-electron chi connectivity index (χ1n) is 3.15. The summed E-state index contributed by atoms with van der Waals surface area (Å²) >= 11 is 5.70. The number of hydrogen-bond donors (Lipinski definition) is 0. The maximum atomic E-state index is 10.9. The van der Waals surface area contributed by atoms with Crippen molar-refractivity contribution in [1.29, 1.82) is 0 Å². The molecule has 0 amide bonds. The quantitative estimate of drug-likeness (QED) is 0.369. The lowest BCUT2D eigenvalue weighted by Gasteiger charge is -2.33. The summed E-state index contributed by atoms with van der Waals surface area (Å²) in [7, 11) is 0. The Labute approximate surface area is 58.7 Å². The van der Waals surface area contributed by atoms with Crippen molar-refractivity contribution in [3.05, 3.63) is 12.2 Å². The molecule has 1 nitrogen and oxygen atoms in total. The van der Waals surface area contributed by atoms with E-state index >= 15 is 0 Å². The van der Waals surface area contributed by atoms with Gasteiger partial charge in [-0.05, 0) is 6.42 Å². The predicted octanol–water partition coefficient (Wildman–Crippen LogP) is 1.37. The smallest absolute Gasteiger partial charge is 0.155 e. The average Bonchev–Trinajstić information content (AvgIpc) is 2.30. The van der Waals surface area contributed by atoms with E-state index in [0.717, 1.165) is 6.42 Å². The predicted molar refractivity (Wildman–Crippen MR) is 35.4 cm³/mol. The van der Waals surface area contributed by atoms with Crippen LogP contribution in [-0.2, 0) is 4.79 Å². The third-order valence-corrected chi connectivity index (χ3v) is 2.69. The van der Waals surface area contributed by atoms with Crippen LogP contribution in [0.1, 0.15) is 6.42 Å². The summed E-state index contributed by atoms with van der Waals surface area (Å²) < 4.78 is 0. The summed E-state index contributed by atoms with van der Waals surface area (Å²) in [5, 5.41) is -0.200. The van der Waals surface area contributed by atoms with E-state index in [4.69, 9.17) is 11.6 Å². The topological polar surface area (TPSA) is 17.1 Å². The number of halogens is 1. The lowest BCUT2D eigenvalue weighted by atomic mass is 9.74. The zero-order valence-corrected chi connectivity index (χ0v) is 5.64. The fourth-order valence-electron chi connectivity index (χ4n) is 1.56. The Morgan fingerprint density at radius 2 is 2.44 bits per heavy atom. The lowest BCUT2D eigenvalue weighted by Crippen LogP contribution is -2.45. The summed E-state index contributed by atoms with van der Waals surface area (Å²) in [5.74, 6) is 0.873. The van der Waals surface area contributed by atoms with Gasteiger partial charge in [0.25, 0.3) is 0 Å². The third-order valence-electron chi connectivity index (χ3n) is 2.19. The molecule has 2 heteroatoms. The standard InChI is InChI=1S/C7H7ClO/c8-6-4-2-1-3-5(4)7(6)9/h1-2,4-6H,3H2/t4-,5+,6-/m0/s1. The van der Waals surface area contributed by atoms with Crippen molar-refractivity contribution in [3.8, 4) is 0 Å². The highest BCUT2D eigenvalue weighted by Gasteiger charge is 2.48. The van der Waals surface area contributed by atoms with E-state index in [1.165, 1.54) is 0 Å². The maximum absolute atomic E-state index is 10.9. The van der Waals surface area contributed by atoms with Gasteiger partial charge in [0.2, 0.25) is 0 Å². The van der Waals surface area contributed by atoms with E-state index < -0.39 is 0 Å². The summed E-state index contributed by atoms with van der Waals surface area (Å²) in [6.45, 7) is 0. The highest BCUT2D eigenvalue weighted by molar-refractivity contribution is 6.34. The maximum Gasteiger partial charge on any atom is 0.155 e. The Balaban J connectivity index is 2.21. The number of Topliss-reactive ketones (excluding diaryl/α,β-unsaturated/α-hetero) is 1. The Morgan fingerprint density at radius 1 is 1.67 bits per heavy atom. The van der Waals surface area contributed by atoms with Crippen LogP contribution in [-0.4, -0.2) is 11.2 Å². The van der Waals surface area contributed by atoms with Crippen LogP contribution in [0, 0.1) is 11.8 Å². The fraction of sp³-hybridized carbons (Fsp3) is 0.571. The van der Waals surface area contributed by atoms with Gasteiger partial charge in [0.15, 0.2) is 5.78 Å². The SMILES string of the molecule is O=C1[C@@H](Cl)[C@H]2C=CC[C@@H]12. The lowest BCUT2D eigenvalue weighted by molar-refractivity contribution is -0.130.